The average molecular weight is 352 g/mol. The van der Waals surface area contributed by atoms with Crippen molar-refractivity contribution in [3.63, 3.8) is 0 Å². The van der Waals surface area contributed by atoms with Gasteiger partial charge in [0.25, 0.3) is 0 Å². The third-order valence-electron chi connectivity index (χ3n) is 3.72. The standard InChI is InChI=1S/C20H20N2O2S/c1-13-9-10-17(22-15(3)23)18(11-13)24-12-19-14(2)21-20(25-19)16-7-5-4-6-8-16/h4-11H,12H2,1-3H3,(H,22,23). The summed E-state index contributed by atoms with van der Waals surface area (Å²) in [6.45, 7) is 5.90. The molecule has 0 aliphatic heterocycles. The monoisotopic (exact) mass is 352 g/mol. The van der Waals surface area contributed by atoms with Crippen molar-refractivity contribution in [3.8, 4) is 16.3 Å². The number of carbonyl (C=O) groups is 1. The topological polar surface area (TPSA) is 51.2 Å². The molecule has 1 amide bonds. The zero-order valence-electron chi connectivity index (χ0n) is 14.5. The normalized spacial score (nSPS) is 10.5. The maximum atomic E-state index is 11.4. The molecule has 2 aromatic carbocycles. The van der Waals surface area contributed by atoms with Crippen LogP contribution in [0.4, 0.5) is 5.69 Å². The molecule has 0 saturated carbocycles. The minimum atomic E-state index is -0.117. The van der Waals surface area contributed by atoms with Crippen molar-refractivity contribution in [1.82, 2.24) is 4.98 Å². The van der Waals surface area contributed by atoms with Crippen molar-refractivity contribution in [2.45, 2.75) is 27.4 Å². The van der Waals surface area contributed by atoms with Crippen molar-refractivity contribution in [1.29, 1.82) is 0 Å². The first-order chi connectivity index (χ1) is 12.0. The lowest BCUT2D eigenvalue weighted by atomic mass is 10.2. The minimum absolute atomic E-state index is 0.117. The molecule has 5 heteroatoms. The Hall–Kier alpha value is -2.66. The first-order valence-electron chi connectivity index (χ1n) is 8.05. The summed E-state index contributed by atoms with van der Waals surface area (Å²) in [5.41, 5.74) is 3.84. The molecule has 0 saturated heterocycles. The number of anilines is 1. The van der Waals surface area contributed by atoms with Crippen LogP contribution in [0.3, 0.4) is 0 Å². The number of hydrogen-bond acceptors (Lipinski definition) is 4. The van der Waals surface area contributed by atoms with E-state index >= 15 is 0 Å². The van der Waals surface area contributed by atoms with Gasteiger partial charge < -0.3 is 10.1 Å². The van der Waals surface area contributed by atoms with Crippen molar-refractivity contribution in [3.05, 3.63) is 64.7 Å². The number of amides is 1. The van der Waals surface area contributed by atoms with E-state index in [9.17, 15) is 4.79 Å². The first-order valence-corrected chi connectivity index (χ1v) is 8.87. The molecule has 0 bridgehead atoms. The molecular formula is C20H20N2O2S. The quantitative estimate of drug-likeness (QED) is 0.706. The number of thiazole rings is 1. The molecule has 0 spiro atoms. The Bertz CT molecular complexity index is 888. The third-order valence-corrected chi connectivity index (χ3v) is 4.90. The fourth-order valence-corrected chi connectivity index (χ4v) is 3.43. The Balaban J connectivity index is 1.79. The molecule has 128 valence electrons. The van der Waals surface area contributed by atoms with E-state index in [0.29, 0.717) is 18.0 Å². The largest absolute Gasteiger partial charge is 0.486 e. The number of nitrogens with one attached hydrogen (secondary N) is 1. The number of aromatic nitrogens is 1. The Morgan fingerprint density at radius 2 is 1.92 bits per heavy atom. The van der Waals surface area contributed by atoms with Crippen LogP contribution in [0.5, 0.6) is 5.75 Å². The van der Waals surface area contributed by atoms with Crippen LogP contribution < -0.4 is 10.1 Å². The van der Waals surface area contributed by atoms with Gasteiger partial charge in [0.05, 0.1) is 16.3 Å². The highest BCUT2D eigenvalue weighted by atomic mass is 32.1. The second kappa shape index (κ2) is 7.49. The van der Waals surface area contributed by atoms with E-state index in [0.717, 1.165) is 26.7 Å². The highest BCUT2D eigenvalue weighted by molar-refractivity contribution is 7.15. The van der Waals surface area contributed by atoms with Gasteiger partial charge in [0.1, 0.15) is 17.4 Å². The number of ether oxygens (including phenoxy) is 1. The molecule has 0 unspecified atom stereocenters. The molecule has 3 aromatic rings. The molecule has 0 aliphatic carbocycles. The summed E-state index contributed by atoms with van der Waals surface area (Å²) >= 11 is 1.63. The summed E-state index contributed by atoms with van der Waals surface area (Å²) in [5, 5.41) is 3.80. The van der Waals surface area contributed by atoms with E-state index in [-0.39, 0.29) is 5.91 Å². The predicted molar refractivity (Wildman–Crippen MR) is 102 cm³/mol. The highest BCUT2D eigenvalue weighted by Crippen LogP contribution is 2.31. The van der Waals surface area contributed by atoms with Gasteiger partial charge in [-0.15, -0.1) is 11.3 Å². The molecule has 3 rings (SSSR count). The smallest absolute Gasteiger partial charge is 0.221 e. The van der Waals surface area contributed by atoms with Crippen LogP contribution in [0.15, 0.2) is 48.5 Å². The molecule has 1 aromatic heterocycles. The van der Waals surface area contributed by atoms with Crippen LogP contribution in [0.25, 0.3) is 10.6 Å². The number of rotatable bonds is 5. The molecular weight excluding hydrogens is 332 g/mol. The third kappa shape index (κ3) is 4.25. The summed E-state index contributed by atoms with van der Waals surface area (Å²) in [7, 11) is 0. The van der Waals surface area contributed by atoms with Crippen LogP contribution in [-0.2, 0) is 11.4 Å². The zero-order valence-corrected chi connectivity index (χ0v) is 15.3. The summed E-state index contributed by atoms with van der Waals surface area (Å²) in [5.74, 6) is 0.554. The Kier molecular flexibility index (Phi) is 5.14. The second-order valence-corrected chi connectivity index (χ2v) is 6.95. The number of aryl methyl sites for hydroxylation is 2. The lowest BCUT2D eigenvalue weighted by Crippen LogP contribution is -2.08. The lowest BCUT2D eigenvalue weighted by molar-refractivity contribution is -0.114. The van der Waals surface area contributed by atoms with Crippen molar-refractivity contribution < 1.29 is 9.53 Å². The second-order valence-electron chi connectivity index (χ2n) is 5.86. The summed E-state index contributed by atoms with van der Waals surface area (Å²) < 4.78 is 5.99. The van der Waals surface area contributed by atoms with E-state index in [1.165, 1.54) is 6.92 Å². The Labute approximate surface area is 151 Å². The van der Waals surface area contributed by atoms with Gasteiger partial charge in [0, 0.05) is 12.5 Å². The van der Waals surface area contributed by atoms with Crippen LogP contribution in [-0.4, -0.2) is 10.9 Å². The van der Waals surface area contributed by atoms with Crippen LogP contribution in [0.2, 0.25) is 0 Å². The Morgan fingerprint density at radius 1 is 1.16 bits per heavy atom. The zero-order chi connectivity index (χ0) is 17.8. The highest BCUT2D eigenvalue weighted by Gasteiger charge is 2.12. The van der Waals surface area contributed by atoms with E-state index < -0.39 is 0 Å². The molecule has 0 radical (unpaired) electrons. The fourth-order valence-electron chi connectivity index (χ4n) is 2.45. The van der Waals surface area contributed by atoms with Gasteiger partial charge in [0.15, 0.2) is 0 Å². The molecule has 0 fully saturated rings. The van der Waals surface area contributed by atoms with Crippen LogP contribution >= 0.6 is 11.3 Å². The SMILES string of the molecule is CC(=O)Nc1ccc(C)cc1OCc1sc(-c2ccccc2)nc1C. The van der Waals surface area contributed by atoms with Crippen molar-refractivity contribution in [2.24, 2.45) is 0 Å². The fraction of sp³-hybridized carbons (Fsp3) is 0.200. The van der Waals surface area contributed by atoms with E-state index in [4.69, 9.17) is 4.74 Å². The van der Waals surface area contributed by atoms with Gasteiger partial charge >= 0.3 is 0 Å². The summed E-state index contributed by atoms with van der Waals surface area (Å²) in [4.78, 5) is 17.1. The lowest BCUT2D eigenvalue weighted by Gasteiger charge is -2.12. The van der Waals surface area contributed by atoms with E-state index in [1.807, 2.05) is 50.2 Å². The minimum Gasteiger partial charge on any atom is -0.486 e. The van der Waals surface area contributed by atoms with Gasteiger partial charge in [-0.1, -0.05) is 36.4 Å². The number of carbonyl (C=O) groups excluding carboxylic acids is 1. The molecule has 1 heterocycles. The van der Waals surface area contributed by atoms with Crippen molar-refractivity contribution >= 4 is 22.9 Å². The summed E-state index contributed by atoms with van der Waals surface area (Å²) in [6.07, 6.45) is 0. The van der Waals surface area contributed by atoms with Gasteiger partial charge in [-0.25, -0.2) is 4.98 Å². The maximum Gasteiger partial charge on any atom is 0.221 e. The van der Waals surface area contributed by atoms with E-state index in [2.05, 4.69) is 22.4 Å². The molecule has 0 aliphatic rings. The number of hydrogen-bond donors (Lipinski definition) is 1. The predicted octanol–water partition coefficient (Wildman–Crippen LogP) is 4.96. The van der Waals surface area contributed by atoms with Crippen molar-refractivity contribution in [2.75, 3.05) is 5.32 Å². The Morgan fingerprint density at radius 3 is 2.64 bits per heavy atom. The van der Waals surface area contributed by atoms with Gasteiger partial charge in [-0.3, -0.25) is 4.79 Å². The van der Waals surface area contributed by atoms with Crippen LogP contribution in [0, 0.1) is 13.8 Å². The molecule has 1 N–H and O–H groups in total. The first kappa shape index (κ1) is 17.2. The molecule has 4 nitrogen and oxygen atoms in total. The number of benzene rings is 2. The van der Waals surface area contributed by atoms with Gasteiger partial charge in [-0.2, -0.15) is 0 Å². The van der Waals surface area contributed by atoms with Gasteiger partial charge in [-0.05, 0) is 31.5 Å². The molecule has 0 atom stereocenters. The van der Waals surface area contributed by atoms with Crippen LogP contribution in [0.1, 0.15) is 23.1 Å². The van der Waals surface area contributed by atoms with E-state index in [1.54, 1.807) is 11.3 Å². The summed E-state index contributed by atoms with van der Waals surface area (Å²) in [6, 6.07) is 15.9. The maximum absolute atomic E-state index is 11.4. The average Bonchev–Trinajstić information content (AvgIpc) is 2.96. The van der Waals surface area contributed by atoms with Gasteiger partial charge in [0.2, 0.25) is 5.91 Å². The number of nitrogens with zero attached hydrogens (tertiary/aromatic N) is 1. The molecule has 25 heavy (non-hydrogen) atoms.